The molecule has 0 N–H and O–H groups in total. The van der Waals surface area contributed by atoms with E-state index in [4.69, 9.17) is 8.83 Å². The molecule has 0 saturated heterocycles. The lowest BCUT2D eigenvalue weighted by molar-refractivity contribution is 0.670. The second kappa shape index (κ2) is 9.39. The number of allylic oxidation sites excluding steroid dienone is 4. The van der Waals surface area contributed by atoms with Crippen molar-refractivity contribution in [3.8, 4) is 0 Å². The molecule has 0 radical (unpaired) electrons. The van der Waals surface area contributed by atoms with Crippen LogP contribution in [0.1, 0.15) is 36.8 Å². The highest BCUT2D eigenvalue weighted by molar-refractivity contribution is 6.31. The van der Waals surface area contributed by atoms with E-state index in [0.29, 0.717) is 5.92 Å². The number of rotatable bonds is 3. The van der Waals surface area contributed by atoms with Crippen LogP contribution in [0, 0.1) is 5.92 Å². The molecule has 48 heavy (non-hydrogen) atoms. The molecule has 0 aliphatic heterocycles. The third kappa shape index (κ3) is 3.38. The summed E-state index contributed by atoms with van der Waals surface area (Å²) in [6.45, 7) is 4.58. The zero-order chi connectivity index (χ0) is 31.7. The summed E-state index contributed by atoms with van der Waals surface area (Å²) >= 11 is 0. The lowest BCUT2D eigenvalue weighted by atomic mass is 9.75. The summed E-state index contributed by atoms with van der Waals surface area (Å²) in [5.74, 6) is 0.889. The van der Waals surface area contributed by atoms with Crippen LogP contribution in [-0.2, 0) is 0 Å². The second-order valence-electron chi connectivity index (χ2n) is 13.8. The Hall–Kier alpha value is -5.80. The summed E-state index contributed by atoms with van der Waals surface area (Å²) in [6.07, 6.45) is 7.28. The largest absolute Gasteiger partial charge is 0.454 e. The van der Waals surface area contributed by atoms with Crippen molar-refractivity contribution in [1.82, 2.24) is 4.40 Å². The van der Waals surface area contributed by atoms with E-state index in [1.54, 1.807) is 0 Å². The molecule has 0 fully saturated rings. The summed E-state index contributed by atoms with van der Waals surface area (Å²) in [5, 5.41) is 9.45. The van der Waals surface area contributed by atoms with Gasteiger partial charge in [0.05, 0.1) is 16.6 Å². The summed E-state index contributed by atoms with van der Waals surface area (Å²) < 4.78 is 15.9. The van der Waals surface area contributed by atoms with Crippen molar-refractivity contribution in [1.29, 1.82) is 0 Å². The van der Waals surface area contributed by atoms with Gasteiger partial charge in [-0.2, -0.15) is 0 Å². The number of fused-ring (bicyclic) bond motifs is 14. The van der Waals surface area contributed by atoms with E-state index in [-0.39, 0.29) is 11.8 Å². The van der Waals surface area contributed by atoms with Crippen LogP contribution in [0.3, 0.4) is 0 Å². The van der Waals surface area contributed by atoms with Gasteiger partial charge in [-0.25, -0.2) is 0 Å². The number of para-hydroxylation sites is 2. The first-order valence-electron chi connectivity index (χ1n) is 17.0. The van der Waals surface area contributed by atoms with Gasteiger partial charge < -0.3 is 13.2 Å². The molecule has 2 atom stereocenters. The van der Waals surface area contributed by atoms with Crippen LogP contribution in [0.15, 0.2) is 148 Å². The Morgan fingerprint density at radius 2 is 1.04 bits per heavy atom. The molecule has 4 aromatic heterocycles. The Labute approximate surface area is 276 Å². The van der Waals surface area contributed by atoms with Gasteiger partial charge >= 0.3 is 0 Å². The number of furan rings is 2. The van der Waals surface area contributed by atoms with Crippen LogP contribution in [0.5, 0.6) is 0 Å². The zero-order valence-electron chi connectivity index (χ0n) is 26.7. The summed E-state index contributed by atoms with van der Waals surface area (Å²) in [5.41, 5.74) is 11.1. The van der Waals surface area contributed by atoms with Gasteiger partial charge in [-0.1, -0.05) is 111 Å². The lowest BCUT2D eigenvalue weighted by Gasteiger charge is -2.28. The van der Waals surface area contributed by atoms with Crippen LogP contribution >= 0.6 is 0 Å². The molecule has 0 amide bonds. The molecule has 10 aromatic rings. The quantitative estimate of drug-likeness (QED) is 0.197. The minimum atomic E-state index is 0.197. The van der Waals surface area contributed by atoms with E-state index in [1.807, 2.05) is 12.1 Å². The normalized spacial score (nSPS) is 17.2. The van der Waals surface area contributed by atoms with Gasteiger partial charge in [0.2, 0.25) is 0 Å². The van der Waals surface area contributed by atoms with E-state index in [1.165, 1.54) is 43.8 Å². The van der Waals surface area contributed by atoms with Crippen LogP contribution in [0.25, 0.3) is 82.0 Å². The molecule has 11 rings (SSSR count). The first-order chi connectivity index (χ1) is 23.6. The van der Waals surface area contributed by atoms with Gasteiger partial charge in [-0.15, -0.1) is 0 Å². The van der Waals surface area contributed by atoms with Crippen LogP contribution < -0.4 is 0 Å². The highest BCUT2D eigenvalue weighted by Gasteiger charge is 2.29. The number of benzene rings is 6. The Morgan fingerprint density at radius 3 is 1.62 bits per heavy atom. The predicted octanol–water partition coefficient (Wildman–Crippen LogP) is 12.7. The molecule has 0 spiro atoms. The maximum absolute atomic E-state index is 6.74. The lowest BCUT2D eigenvalue weighted by Crippen LogP contribution is -2.13. The van der Waals surface area contributed by atoms with Gasteiger partial charge in [0.1, 0.15) is 11.2 Å². The summed E-state index contributed by atoms with van der Waals surface area (Å²) in [4.78, 5) is 0. The molecule has 0 saturated carbocycles. The summed E-state index contributed by atoms with van der Waals surface area (Å²) in [7, 11) is 0. The van der Waals surface area contributed by atoms with E-state index in [9.17, 15) is 0 Å². The maximum Gasteiger partial charge on any atom is 0.160 e. The zero-order valence-corrected chi connectivity index (χ0v) is 26.7. The van der Waals surface area contributed by atoms with Crippen molar-refractivity contribution in [3.63, 3.8) is 0 Å². The highest BCUT2D eigenvalue weighted by Crippen LogP contribution is 2.49. The molecule has 0 bridgehead atoms. The third-order valence-corrected chi connectivity index (χ3v) is 10.9. The molecule has 1 aliphatic rings. The molecule has 6 aromatic carbocycles. The van der Waals surface area contributed by atoms with Gasteiger partial charge in [-0.05, 0) is 59.0 Å². The number of hydrogen-bond donors (Lipinski definition) is 0. The van der Waals surface area contributed by atoms with Crippen molar-refractivity contribution in [2.24, 2.45) is 5.92 Å². The Morgan fingerprint density at radius 1 is 0.500 bits per heavy atom. The SMILES string of the molecule is CC(C)C1=CC(c2cc3c4ccc5c6ccccc6oc5c4n4c3c(c2)c2ccc3c5ccccc5oc3c24)C(c2ccccc2)C=C1. The summed E-state index contributed by atoms with van der Waals surface area (Å²) in [6, 6.07) is 41.7. The average molecular weight is 618 g/mol. The van der Waals surface area contributed by atoms with Gasteiger partial charge in [-0.3, -0.25) is 0 Å². The highest BCUT2D eigenvalue weighted by atomic mass is 16.3. The van der Waals surface area contributed by atoms with Crippen molar-refractivity contribution in [2.45, 2.75) is 25.7 Å². The fourth-order valence-corrected chi connectivity index (χ4v) is 8.65. The van der Waals surface area contributed by atoms with E-state index in [2.05, 4.69) is 140 Å². The fourth-order valence-electron chi connectivity index (χ4n) is 8.65. The maximum atomic E-state index is 6.74. The molecule has 2 unspecified atom stereocenters. The minimum Gasteiger partial charge on any atom is -0.454 e. The van der Waals surface area contributed by atoms with E-state index in [0.717, 1.165) is 54.9 Å². The van der Waals surface area contributed by atoms with Crippen LogP contribution in [0.4, 0.5) is 0 Å². The smallest absolute Gasteiger partial charge is 0.160 e. The Kier molecular flexibility index (Phi) is 5.14. The van der Waals surface area contributed by atoms with Gasteiger partial charge in [0, 0.05) is 54.9 Å². The Bertz CT molecular complexity index is 2830. The number of hydrogen-bond acceptors (Lipinski definition) is 2. The van der Waals surface area contributed by atoms with Crippen molar-refractivity contribution < 1.29 is 8.83 Å². The van der Waals surface area contributed by atoms with Crippen molar-refractivity contribution in [2.75, 3.05) is 0 Å². The molecule has 4 heterocycles. The van der Waals surface area contributed by atoms with Crippen molar-refractivity contribution >= 4 is 82.0 Å². The average Bonchev–Trinajstić information content (AvgIpc) is 3.87. The topological polar surface area (TPSA) is 30.7 Å². The molecule has 3 nitrogen and oxygen atoms in total. The molecule has 228 valence electrons. The standard InChI is InChI=1S/C45H31NO2/c1-25(2)27-16-17-29(26-10-4-3-5-11-26)36(22-27)28-23-37-32-18-20-34-30-12-6-8-14-39(30)47-44(34)42(32)46-41(37)38(24-28)33-19-21-35-31-13-7-9-15-40(31)48-45(35)43(33)46/h3-25,29,36H,1-2H3. The Balaban J connectivity index is 1.32. The third-order valence-electron chi connectivity index (χ3n) is 10.9. The van der Waals surface area contributed by atoms with Crippen LogP contribution in [-0.4, -0.2) is 4.40 Å². The van der Waals surface area contributed by atoms with E-state index < -0.39 is 0 Å². The number of aromatic nitrogens is 1. The molecule has 3 heteroatoms. The number of nitrogens with zero attached hydrogens (tertiary/aromatic N) is 1. The van der Waals surface area contributed by atoms with E-state index >= 15 is 0 Å². The second-order valence-corrected chi connectivity index (χ2v) is 13.8. The van der Waals surface area contributed by atoms with Crippen LogP contribution in [0.2, 0.25) is 0 Å². The minimum absolute atomic E-state index is 0.197. The predicted molar refractivity (Wildman–Crippen MR) is 200 cm³/mol. The molecule has 1 aliphatic carbocycles. The monoisotopic (exact) mass is 617 g/mol. The molecular formula is C45H31NO2. The first kappa shape index (κ1) is 26.3. The van der Waals surface area contributed by atoms with Gasteiger partial charge in [0.15, 0.2) is 11.2 Å². The molecular weight excluding hydrogens is 587 g/mol. The fraction of sp³-hybridized carbons (Fsp3) is 0.111. The van der Waals surface area contributed by atoms with Gasteiger partial charge in [0.25, 0.3) is 0 Å². The first-order valence-corrected chi connectivity index (χ1v) is 17.0. The van der Waals surface area contributed by atoms with Crippen molar-refractivity contribution in [3.05, 3.63) is 150 Å².